The van der Waals surface area contributed by atoms with E-state index in [2.05, 4.69) is 163 Å². The van der Waals surface area contributed by atoms with Gasteiger partial charge >= 0.3 is 0 Å². The zero-order chi connectivity index (χ0) is 55.6. The minimum Gasteiger partial charge on any atom is -0.503 e. The number of oxazole rings is 1. The van der Waals surface area contributed by atoms with E-state index < -0.39 is 18.1 Å². The third-order valence-electron chi connectivity index (χ3n) is 14.2. The van der Waals surface area contributed by atoms with Gasteiger partial charge in [-0.15, -0.1) is 35.7 Å². The summed E-state index contributed by atoms with van der Waals surface area (Å²) in [7, 11) is 0. The minimum atomic E-state index is -0.442. The number of rotatable bonds is 11. The zero-order valence-electron chi connectivity index (χ0n) is 46.9. The van der Waals surface area contributed by atoms with E-state index in [1.807, 2.05) is 94.8 Å². The molecule has 0 atom stereocenters. The summed E-state index contributed by atoms with van der Waals surface area (Å²) >= 11 is 0. The van der Waals surface area contributed by atoms with Crippen LogP contribution in [0.2, 0.25) is 0 Å². The average Bonchev–Trinajstić information content (AvgIpc) is 2.16. The summed E-state index contributed by atoms with van der Waals surface area (Å²) in [5.74, 6) is 1.46. The molecule has 0 radical (unpaired) electrons. The Morgan fingerprint density at radius 1 is 0.538 bits per heavy atom. The van der Waals surface area contributed by atoms with Crippen LogP contribution < -0.4 is 9.30 Å². The molecule has 0 bridgehead atoms. The van der Waals surface area contributed by atoms with Crippen LogP contribution in [0.25, 0.3) is 117 Å². The molecule has 4 heterocycles. The Morgan fingerprint density at radius 3 is 1.73 bits per heavy atom. The number of aryl methyl sites for hydroxylation is 1. The number of fused-ring (bicyclic) bond motifs is 4. The molecule has 14 rings (SSSR count). The molecule has 0 aliphatic heterocycles. The second-order valence-electron chi connectivity index (χ2n) is 18.8. The molecule has 0 saturated heterocycles. The summed E-state index contributed by atoms with van der Waals surface area (Å²) < 4.78 is 61.9. The van der Waals surface area contributed by atoms with E-state index in [0.717, 1.165) is 77.7 Å². The molecule has 78 heavy (non-hydrogen) atoms. The van der Waals surface area contributed by atoms with Crippen LogP contribution >= 0.6 is 0 Å². The van der Waals surface area contributed by atoms with Crippen LogP contribution in [0.3, 0.4) is 0 Å². The molecular formula is C71H46N4O2Pt-2. The van der Waals surface area contributed by atoms with Gasteiger partial charge in [0.2, 0.25) is 5.71 Å². The summed E-state index contributed by atoms with van der Waals surface area (Å²) in [5, 5.41) is 1.91. The van der Waals surface area contributed by atoms with Gasteiger partial charge in [-0.25, -0.2) is 4.98 Å². The van der Waals surface area contributed by atoms with Crippen molar-refractivity contribution < 1.29 is 41.6 Å². The summed E-state index contributed by atoms with van der Waals surface area (Å²) in [6, 6.07) is 79.8. The Balaban J connectivity index is 0.00000645. The van der Waals surface area contributed by atoms with E-state index in [1.54, 1.807) is 12.5 Å². The molecule has 6 nitrogen and oxygen atoms in total. The molecule has 374 valence electrons. The molecule has 10 aromatic carbocycles. The Labute approximate surface area is 473 Å². The quantitative estimate of drug-likeness (QED) is 0.0958. The number of benzene rings is 10. The smallest absolute Gasteiger partial charge is 0.272 e. The maximum absolute atomic E-state index is 8.66. The second-order valence-corrected chi connectivity index (χ2v) is 18.8. The van der Waals surface area contributed by atoms with E-state index >= 15 is 0 Å². The number of ether oxygens (including phenoxy) is 1. The van der Waals surface area contributed by atoms with Crippen molar-refractivity contribution in [3.8, 4) is 101 Å². The number of pyridine rings is 1. The van der Waals surface area contributed by atoms with Gasteiger partial charge in [-0.05, 0) is 80.1 Å². The predicted molar refractivity (Wildman–Crippen MR) is 309 cm³/mol. The van der Waals surface area contributed by atoms with E-state index in [9.17, 15) is 0 Å². The van der Waals surface area contributed by atoms with E-state index in [-0.39, 0.29) is 38.7 Å². The van der Waals surface area contributed by atoms with Gasteiger partial charge in [0.15, 0.2) is 0 Å². The number of para-hydroxylation sites is 2. The Morgan fingerprint density at radius 2 is 1.10 bits per heavy atom. The normalized spacial score (nSPS) is 12.2. The van der Waals surface area contributed by atoms with Gasteiger partial charge in [-0.2, -0.15) is 6.07 Å². The fourth-order valence-electron chi connectivity index (χ4n) is 10.7. The first kappa shape index (κ1) is 42.6. The molecule has 4 aromatic heterocycles. The maximum Gasteiger partial charge on any atom is 0.272 e. The molecule has 0 spiro atoms. The fourth-order valence-corrected chi connectivity index (χ4v) is 10.7. The first-order chi connectivity index (χ1) is 40.2. The molecule has 7 heteroatoms. The van der Waals surface area contributed by atoms with Crippen LogP contribution in [0.4, 0.5) is 0 Å². The molecular weight excluding hydrogens is 1140 g/mol. The van der Waals surface area contributed by atoms with Gasteiger partial charge in [-0.1, -0.05) is 223 Å². The molecule has 0 aliphatic carbocycles. The summed E-state index contributed by atoms with van der Waals surface area (Å²) in [6.07, 6.45) is 7.22. The number of hydrogen-bond donors (Lipinski definition) is 0. The standard InChI is InChI=1S/C71H46N4O2.Pt/c1-48-42-67(72-45-63(48)53-30-15-6-16-31-53)75-64-39-18-17-34-61(64)62-41-40-56(44-65(62)75)77-55-33-19-32-54(43-55)66-46-76-71-70(68-57(49-22-7-2-8-23-49)35-20-36-58(68)50-24-9-3-10-25-50)74(47-73(66)71)69-59(51-26-11-4-12-27-51)37-21-38-60(69)52-28-13-5-14-29-52;/h2-42,45-46H,1H3;/q-2;/i6D,15D,16D,30D,31D;. The number of nitrogens with zero attached hydrogens (tertiary/aromatic N) is 4. The molecule has 14 aromatic rings. The van der Waals surface area contributed by atoms with E-state index in [4.69, 9.17) is 21.0 Å². The van der Waals surface area contributed by atoms with Crippen LogP contribution in [0, 0.1) is 25.4 Å². The van der Waals surface area contributed by atoms with Crippen molar-refractivity contribution in [2.24, 2.45) is 0 Å². The van der Waals surface area contributed by atoms with Gasteiger partial charge in [-0.3, -0.25) is 8.97 Å². The zero-order valence-corrected chi connectivity index (χ0v) is 44.1. The third kappa shape index (κ3) is 8.53. The first-order valence-corrected chi connectivity index (χ1v) is 25.4. The van der Waals surface area contributed by atoms with Gasteiger partial charge in [0.1, 0.15) is 11.5 Å². The van der Waals surface area contributed by atoms with Crippen LogP contribution in [0.5, 0.6) is 11.5 Å². The Hall–Kier alpha value is -9.61. The van der Waals surface area contributed by atoms with Crippen molar-refractivity contribution in [1.29, 1.82) is 0 Å². The molecule has 0 N–H and O–H groups in total. The number of imidazole rings is 1. The van der Waals surface area contributed by atoms with Crippen LogP contribution in [0.15, 0.2) is 265 Å². The molecule has 0 fully saturated rings. The summed E-state index contributed by atoms with van der Waals surface area (Å²) in [6.45, 7) is 1.85. The van der Waals surface area contributed by atoms with Gasteiger partial charge in [0, 0.05) is 55.4 Å². The van der Waals surface area contributed by atoms with Gasteiger partial charge in [0.05, 0.1) is 24.5 Å². The van der Waals surface area contributed by atoms with E-state index in [1.165, 1.54) is 0 Å². The topological polar surface area (TPSA) is 48.5 Å². The van der Waals surface area contributed by atoms with Crippen molar-refractivity contribution >= 4 is 27.5 Å². The summed E-state index contributed by atoms with van der Waals surface area (Å²) in [4.78, 5) is 4.87. The van der Waals surface area contributed by atoms with E-state index in [0.29, 0.717) is 50.9 Å². The van der Waals surface area contributed by atoms with Crippen LogP contribution in [-0.2, 0) is 21.1 Å². The molecule has 0 amide bonds. The first-order valence-electron chi connectivity index (χ1n) is 27.9. The third-order valence-corrected chi connectivity index (χ3v) is 14.2. The fraction of sp³-hybridized carbons (Fsp3) is 0.0141. The summed E-state index contributed by atoms with van der Waals surface area (Å²) in [5.41, 5.74) is 15.8. The van der Waals surface area contributed by atoms with Crippen molar-refractivity contribution in [2.75, 3.05) is 0 Å². The van der Waals surface area contributed by atoms with Crippen molar-refractivity contribution in [2.45, 2.75) is 6.92 Å². The number of hydrogen-bond acceptors (Lipinski definition) is 3. The maximum atomic E-state index is 8.66. The van der Waals surface area contributed by atoms with Crippen molar-refractivity contribution in [3.63, 3.8) is 0 Å². The van der Waals surface area contributed by atoms with Crippen LogP contribution in [-0.4, -0.2) is 14.0 Å². The second kappa shape index (κ2) is 20.5. The largest absolute Gasteiger partial charge is 0.503 e. The molecule has 0 unspecified atom stereocenters. The Bertz CT molecular complexity index is 4650. The molecule has 0 saturated carbocycles. The number of aromatic nitrogens is 4. The van der Waals surface area contributed by atoms with Gasteiger partial charge in [0.25, 0.3) is 6.33 Å². The average molecular weight is 1190 g/mol. The predicted octanol–water partition coefficient (Wildman–Crippen LogP) is 17.5. The van der Waals surface area contributed by atoms with Crippen LogP contribution in [0.1, 0.15) is 12.4 Å². The van der Waals surface area contributed by atoms with Crippen molar-refractivity contribution in [1.82, 2.24) is 14.0 Å². The monoisotopic (exact) mass is 1190 g/mol. The molecule has 0 aliphatic rings. The Kier molecular flexibility index (Phi) is 11.2. The van der Waals surface area contributed by atoms with Crippen molar-refractivity contribution in [3.05, 3.63) is 285 Å². The SMILES string of the molecule is [2H]c1c([2H])c([2H])c(-c2cnc(-n3c4[c-]c(Oc5[c-]c(-c6coc7c(-c8c(-c9ccccc9)cccc8-c8ccccc8)[n+](-c8c(-c9ccccc9)cccc8-c8ccccc8)[c-]n67)ccc5)ccc4c4ccccc43)cc2C)c([2H])c1[2H].[Pt]. The minimum absolute atomic E-state index is 0. The van der Waals surface area contributed by atoms with Gasteiger partial charge < -0.3 is 13.7 Å².